The highest BCUT2D eigenvalue weighted by Crippen LogP contribution is 2.40. The minimum atomic E-state index is -1.10. The molecular weight excluding hydrogens is 208 g/mol. The Hall–Kier alpha value is -1.29. The molecule has 4 nitrogen and oxygen atoms in total. The zero-order valence-corrected chi connectivity index (χ0v) is 9.22. The summed E-state index contributed by atoms with van der Waals surface area (Å²) in [5.41, 5.74) is 0. The van der Waals surface area contributed by atoms with Crippen LogP contribution in [-0.2, 0) is 0 Å². The molecule has 2 rings (SSSR count). The number of carboxylic acids is 1. The number of furan rings is 1. The quantitative estimate of drug-likeness (QED) is 0.827. The highest BCUT2D eigenvalue weighted by atomic mass is 16.4. The molecular formula is C12H16O4. The lowest BCUT2D eigenvalue weighted by Crippen LogP contribution is -2.14. The molecule has 0 saturated heterocycles. The van der Waals surface area contributed by atoms with Gasteiger partial charge in [-0.1, -0.05) is 19.8 Å². The summed E-state index contributed by atoms with van der Waals surface area (Å²) in [7, 11) is 0. The Morgan fingerprint density at radius 2 is 2.25 bits per heavy atom. The SMILES string of the molecule is CC1CCCC1C(O)c1ccc(C(=O)O)o1. The molecule has 4 heteroatoms. The third-order valence-electron chi connectivity index (χ3n) is 3.46. The molecule has 0 radical (unpaired) electrons. The fourth-order valence-corrected chi connectivity index (χ4v) is 2.48. The second-order valence-electron chi connectivity index (χ2n) is 4.52. The van der Waals surface area contributed by atoms with Gasteiger partial charge in [-0.15, -0.1) is 0 Å². The molecule has 1 heterocycles. The number of hydrogen-bond donors (Lipinski definition) is 2. The third kappa shape index (κ3) is 1.97. The van der Waals surface area contributed by atoms with Gasteiger partial charge in [0.2, 0.25) is 5.76 Å². The van der Waals surface area contributed by atoms with Crippen molar-refractivity contribution in [2.45, 2.75) is 32.3 Å². The molecule has 1 aromatic rings. The molecule has 0 bridgehead atoms. The maximum atomic E-state index is 10.6. The van der Waals surface area contributed by atoms with Crippen LogP contribution in [0.25, 0.3) is 0 Å². The number of carboxylic acid groups (broad SMARTS) is 1. The van der Waals surface area contributed by atoms with E-state index < -0.39 is 12.1 Å². The fourth-order valence-electron chi connectivity index (χ4n) is 2.48. The number of aromatic carboxylic acids is 1. The fraction of sp³-hybridized carbons (Fsp3) is 0.583. The van der Waals surface area contributed by atoms with Crippen molar-refractivity contribution in [1.82, 2.24) is 0 Å². The van der Waals surface area contributed by atoms with Gasteiger partial charge in [-0.25, -0.2) is 4.79 Å². The van der Waals surface area contributed by atoms with Gasteiger partial charge in [-0.3, -0.25) is 0 Å². The monoisotopic (exact) mass is 224 g/mol. The first-order valence-electron chi connectivity index (χ1n) is 5.60. The molecule has 0 amide bonds. The van der Waals surface area contributed by atoms with E-state index in [1.165, 1.54) is 6.07 Å². The van der Waals surface area contributed by atoms with E-state index in [0.717, 1.165) is 19.3 Å². The van der Waals surface area contributed by atoms with E-state index in [0.29, 0.717) is 11.7 Å². The second kappa shape index (κ2) is 4.29. The molecule has 16 heavy (non-hydrogen) atoms. The van der Waals surface area contributed by atoms with E-state index in [1.807, 2.05) is 0 Å². The average molecular weight is 224 g/mol. The van der Waals surface area contributed by atoms with Crippen molar-refractivity contribution >= 4 is 5.97 Å². The van der Waals surface area contributed by atoms with Gasteiger partial charge in [0.15, 0.2) is 0 Å². The normalized spacial score (nSPS) is 26.9. The van der Waals surface area contributed by atoms with E-state index >= 15 is 0 Å². The standard InChI is InChI=1S/C12H16O4/c1-7-3-2-4-8(7)11(13)9-5-6-10(16-9)12(14)15/h5-8,11,13H,2-4H2,1H3,(H,14,15). The summed E-state index contributed by atoms with van der Waals surface area (Å²) in [6.45, 7) is 2.11. The molecule has 1 aliphatic rings. The first-order chi connectivity index (χ1) is 7.59. The van der Waals surface area contributed by atoms with Crippen molar-refractivity contribution in [3.63, 3.8) is 0 Å². The van der Waals surface area contributed by atoms with Crippen LogP contribution in [0.5, 0.6) is 0 Å². The number of carbonyl (C=O) groups is 1. The first kappa shape index (κ1) is 11.2. The van der Waals surface area contributed by atoms with Crippen LogP contribution >= 0.6 is 0 Å². The van der Waals surface area contributed by atoms with Gasteiger partial charge >= 0.3 is 5.97 Å². The Labute approximate surface area is 93.9 Å². The Morgan fingerprint density at radius 1 is 1.50 bits per heavy atom. The molecule has 1 aliphatic carbocycles. The summed E-state index contributed by atoms with van der Waals surface area (Å²) >= 11 is 0. The topological polar surface area (TPSA) is 70.7 Å². The maximum absolute atomic E-state index is 10.6. The summed E-state index contributed by atoms with van der Waals surface area (Å²) < 4.78 is 5.12. The predicted octanol–water partition coefficient (Wildman–Crippen LogP) is 2.45. The van der Waals surface area contributed by atoms with Crippen molar-refractivity contribution < 1.29 is 19.4 Å². The minimum Gasteiger partial charge on any atom is -0.475 e. The summed E-state index contributed by atoms with van der Waals surface area (Å²) in [4.78, 5) is 10.6. The van der Waals surface area contributed by atoms with Gasteiger partial charge < -0.3 is 14.6 Å². The van der Waals surface area contributed by atoms with E-state index in [2.05, 4.69) is 6.92 Å². The van der Waals surface area contributed by atoms with Gasteiger partial charge in [0.1, 0.15) is 11.9 Å². The van der Waals surface area contributed by atoms with Crippen molar-refractivity contribution in [1.29, 1.82) is 0 Å². The van der Waals surface area contributed by atoms with Crippen LogP contribution in [0.15, 0.2) is 16.5 Å². The second-order valence-corrected chi connectivity index (χ2v) is 4.52. The Balaban J connectivity index is 2.13. The maximum Gasteiger partial charge on any atom is 0.371 e. The van der Waals surface area contributed by atoms with Crippen LogP contribution in [0, 0.1) is 11.8 Å². The van der Waals surface area contributed by atoms with E-state index in [1.54, 1.807) is 6.07 Å². The first-order valence-corrected chi connectivity index (χ1v) is 5.60. The Morgan fingerprint density at radius 3 is 2.75 bits per heavy atom. The number of rotatable bonds is 3. The molecule has 0 spiro atoms. The molecule has 3 unspecified atom stereocenters. The summed E-state index contributed by atoms with van der Waals surface area (Å²) in [6.07, 6.45) is 2.54. The van der Waals surface area contributed by atoms with Gasteiger partial charge in [0.05, 0.1) is 0 Å². The summed E-state index contributed by atoms with van der Waals surface area (Å²) in [5, 5.41) is 18.8. The molecule has 0 aliphatic heterocycles. The highest BCUT2D eigenvalue weighted by Gasteiger charge is 2.32. The van der Waals surface area contributed by atoms with Crippen LogP contribution in [0.3, 0.4) is 0 Å². The molecule has 0 aromatic carbocycles. The Kier molecular flexibility index (Phi) is 3.01. The highest BCUT2D eigenvalue weighted by molar-refractivity contribution is 5.84. The minimum absolute atomic E-state index is 0.111. The molecule has 1 saturated carbocycles. The van der Waals surface area contributed by atoms with Crippen LogP contribution in [0.4, 0.5) is 0 Å². The smallest absolute Gasteiger partial charge is 0.371 e. The van der Waals surface area contributed by atoms with Crippen molar-refractivity contribution in [3.8, 4) is 0 Å². The lowest BCUT2D eigenvalue weighted by molar-refractivity contribution is 0.0585. The van der Waals surface area contributed by atoms with Gasteiger partial charge in [0, 0.05) is 0 Å². The molecule has 88 valence electrons. The molecule has 1 aromatic heterocycles. The van der Waals surface area contributed by atoms with Crippen molar-refractivity contribution in [2.75, 3.05) is 0 Å². The summed E-state index contributed by atoms with van der Waals surface area (Å²) in [6, 6.07) is 2.94. The average Bonchev–Trinajstić information content (AvgIpc) is 2.84. The van der Waals surface area contributed by atoms with Crippen molar-refractivity contribution in [3.05, 3.63) is 23.7 Å². The lowest BCUT2D eigenvalue weighted by Gasteiger charge is -2.20. The molecule has 1 fully saturated rings. The predicted molar refractivity (Wildman–Crippen MR) is 57.1 cm³/mol. The number of hydrogen-bond acceptors (Lipinski definition) is 3. The molecule has 3 atom stereocenters. The zero-order valence-electron chi connectivity index (χ0n) is 9.22. The van der Waals surface area contributed by atoms with Crippen LogP contribution in [0.2, 0.25) is 0 Å². The molecule has 2 N–H and O–H groups in total. The van der Waals surface area contributed by atoms with E-state index in [4.69, 9.17) is 9.52 Å². The van der Waals surface area contributed by atoms with Crippen LogP contribution in [0.1, 0.15) is 48.6 Å². The lowest BCUT2D eigenvalue weighted by atomic mass is 9.91. The van der Waals surface area contributed by atoms with Crippen LogP contribution in [-0.4, -0.2) is 16.2 Å². The summed E-state index contributed by atoms with van der Waals surface area (Å²) in [5.74, 6) is -0.185. The van der Waals surface area contributed by atoms with Gasteiger partial charge in [-0.2, -0.15) is 0 Å². The van der Waals surface area contributed by atoms with Crippen LogP contribution < -0.4 is 0 Å². The number of aliphatic hydroxyl groups is 1. The van der Waals surface area contributed by atoms with E-state index in [9.17, 15) is 9.90 Å². The third-order valence-corrected chi connectivity index (χ3v) is 3.46. The van der Waals surface area contributed by atoms with Gasteiger partial charge in [0.25, 0.3) is 0 Å². The van der Waals surface area contributed by atoms with E-state index in [-0.39, 0.29) is 11.7 Å². The van der Waals surface area contributed by atoms with Gasteiger partial charge in [-0.05, 0) is 30.4 Å². The largest absolute Gasteiger partial charge is 0.475 e. The zero-order chi connectivity index (χ0) is 11.7. The van der Waals surface area contributed by atoms with Crippen molar-refractivity contribution in [2.24, 2.45) is 11.8 Å². The Bertz CT molecular complexity index is 382. The number of aliphatic hydroxyl groups excluding tert-OH is 1.